The second kappa shape index (κ2) is 5.21. The van der Waals surface area contributed by atoms with E-state index in [4.69, 9.17) is 4.74 Å². The molecule has 2 fully saturated rings. The van der Waals surface area contributed by atoms with Crippen molar-refractivity contribution in [1.82, 2.24) is 0 Å². The lowest BCUT2D eigenvalue weighted by Crippen LogP contribution is -2.37. The molecule has 3 unspecified atom stereocenters. The minimum Gasteiger partial charge on any atom is -0.378 e. The summed E-state index contributed by atoms with van der Waals surface area (Å²) in [5, 5.41) is 1.13. The predicted molar refractivity (Wildman–Crippen MR) is 76.6 cm³/mol. The van der Waals surface area contributed by atoms with E-state index in [1.807, 2.05) is 0 Å². The number of halogens is 1. The van der Waals surface area contributed by atoms with Gasteiger partial charge in [-0.15, -0.1) is 0 Å². The van der Waals surface area contributed by atoms with Crippen LogP contribution in [0.15, 0.2) is 0 Å². The van der Waals surface area contributed by atoms with Gasteiger partial charge in [0, 0.05) is 11.9 Å². The fourth-order valence-corrected chi connectivity index (χ4v) is 4.38. The van der Waals surface area contributed by atoms with Crippen LogP contribution < -0.4 is 0 Å². The third-order valence-electron chi connectivity index (χ3n) is 5.81. The molecule has 100 valence electrons. The lowest BCUT2D eigenvalue weighted by atomic mass is 9.70. The SMILES string of the molecule is CC1(C)C2CCC1(C)C(OCCCCCBr)C2. The summed E-state index contributed by atoms with van der Waals surface area (Å²) in [5.74, 6) is 0.903. The highest BCUT2D eigenvalue weighted by molar-refractivity contribution is 9.09. The van der Waals surface area contributed by atoms with E-state index in [2.05, 4.69) is 36.7 Å². The van der Waals surface area contributed by atoms with Crippen molar-refractivity contribution >= 4 is 15.9 Å². The summed E-state index contributed by atoms with van der Waals surface area (Å²) in [7, 11) is 0. The molecule has 2 rings (SSSR count). The average molecular weight is 303 g/mol. The molecular formula is C15H27BrO. The van der Waals surface area contributed by atoms with Gasteiger partial charge in [-0.1, -0.05) is 43.1 Å². The maximum absolute atomic E-state index is 6.21. The largest absolute Gasteiger partial charge is 0.378 e. The van der Waals surface area contributed by atoms with E-state index in [-0.39, 0.29) is 0 Å². The highest BCUT2D eigenvalue weighted by Crippen LogP contribution is 2.66. The number of rotatable bonds is 6. The van der Waals surface area contributed by atoms with Crippen molar-refractivity contribution in [3.05, 3.63) is 0 Å². The fourth-order valence-electron chi connectivity index (χ4n) is 3.98. The van der Waals surface area contributed by atoms with Crippen LogP contribution in [0.1, 0.15) is 59.3 Å². The quantitative estimate of drug-likeness (QED) is 0.507. The van der Waals surface area contributed by atoms with Crippen LogP contribution in [0, 0.1) is 16.7 Å². The van der Waals surface area contributed by atoms with Gasteiger partial charge < -0.3 is 4.74 Å². The first kappa shape index (κ1) is 13.9. The Hall–Kier alpha value is 0.440. The second-order valence-corrected chi connectivity index (χ2v) is 7.51. The molecule has 2 heteroatoms. The molecule has 2 aliphatic rings. The zero-order chi connectivity index (χ0) is 12.5. The number of hydrogen-bond acceptors (Lipinski definition) is 1. The molecule has 2 bridgehead atoms. The van der Waals surface area contributed by atoms with Gasteiger partial charge in [0.15, 0.2) is 0 Å². The molecule has 0 amide bonds. The minimum atomic E-state index is 0.438. The first-order valence-electron chi connectivity index (χ1n) is 7.20. The van der Waals surface area contributed by atoms with Crippen LogP contribution in [0.2, 0.25) is 0 Å². The minimum absolute atomic E-state index is 0.438. The first-order chi connectivity index (χ1) is 8.02. The molecule has 3 atom stereocenters. The van der Waals surface area contributed by atoms with Gasteiger partial charge in [0.1, 0.15) is 0 Å². The Morgan fingerprint density at radius 3 is 2.47 bits per heavy atom. The number of unbranched alkanes of at least 4 members (excludes halogenated alkanes) is 2. The molecule has 0 saturated heterocycles. The molecule has 2 aliphatic carbocycles. The normalized spacial score (nSPS) is 38.8. The summed E-state index contributed by atoms with van der Waals surface area (Å²) in [6.07, 6.45) is 8.43. The highest BCUT2D eigenvalue weighted by atomic mass is 79.9. The van der Waals surface area contributed by atoms with Gasteiger partial charge in [-0.25, -0.2) is 0 Å². The molecule has 0 N–H and O–H groups in total. The van der Waals surface area contributed by atoms with Crippen LogP contribution in [0.3, 0.4) is 0 Å². The Labute approximate surface area is 115 Å². The molecule has 0 aliphatic heterocycles. The Kier molecular flexibility index (Phi) is 4.24. The summed E-state index contributed by atoms with van der Waals surface area (Å²) < 4.78 is 6.21. The molecule has 0 aromatic carbocycles. The third kappa shape index (κ3) is 2.32. The smallest absolute Gasteiger partial charge is 0.0636 e. The summed E-state index contributed by atoms with van der Waals surface area (Å²) in [6.45, 7) is 8.34. The van der Waals surface area contributed by atoms with E-state index in [1.54, 1.807) is 0 Å². The Bertz CT molecular complexity index is 264. The summed E-state index contributed by atoms with van der Waals surface area (Å²) >= 11 is 3.48. The van der Waals surface area contributed by atoms with Gasteiger partial charge in [0.2, 0.25) is 0 Å². The number of ether oxygens (including phenoxy) is 1. The van der Waals surface area contributed by atoms with Crippen molar-refractivity contribution in [3.63, 3.8) is 0 Å². The molecule has 0 spiro atoms. The second-order valence-electron chi connectivity index (χ2n) is 6.72. The van der Waals surface area contributed by atoms with E-state index in [9.17, 15) is 0 Å². The third-order valence-corrected chi connectivity index (χ3v) is 6.37. The van der Waals surface area contributed by atoms with Gasteiger partial charge in [-0.3, -0.25) is 0 Å². The predicted octanol–water partition coefficient (Wildman–Crippen LogP) is 4.78. The van der Waals surface area contributed by atoms with Gasteiger partial charge in [-0.05, 0) is 48.9 Å². The maximum Gasteiger partial charge on any atom is 0.0636 e. The van der Waals surface area contributed by atoms with Gasteiger partial charge in [0.05, 0.1) is 6.10 Å². The van der Waals surface area contributed by atoms with Gasteiger partial charge in [-0.2, -0.15) is 0 Å². The molecule has 0 radical (unpaired) electrons. The summed E-state index contributed by atoms with van der Waals surface area (Å²) in [6, 6.07) is 0. The van der Waals surface area contributed by atoms with Crippen molar-refractivity contribution in [2.24, 2.45) is 16.7 Å². The fraction of sp³-hybridized carbons (Fsp3) is 1.00. The van der Waals surface area contributed by atoms with E-state index < -0.39 is 0 Å². The van der Waals surface area contributed by atoms with Crippen LogP contribution in [0.4, 0.5) is 0 Å². The molecule has 1 nitrogen and oxygen atoms in total. The van der Waals surface area contributed by atoms with Crippen LogP contribution in [0.5, 0.6) is 0 Å². The lowest BCUT2D eigenvalue weighted by molar-refractivity contribution is -0.0474. The monoisotopic (exact) mass is 302 g/mol. The van der Waals surface area contributed by atoms with Crippen LogP contribution >= 0.6 is 15.9 Å². The number of fused-ring (bicyclic) bond motifs is 2. The number of hydrogen-bond donors (Lipinski definition) is 0. The van der Waals surface area contributed by atoms with E-state index >= 15 is 0 Å². The molecule has 2 saturated carbocycles. The van der Waals surface area contributed by atoms with Crippen molar-refractivity contribution in [2.75, 3.05) is 11.9 Å². The molecule has 0 aromatic heterocycles. The standard InChI is InChI=1S/C15H27BrO/c1-14(2)12-7-8-15(14,3)13(11-12)17-10-6-4-5-9-16/h12-13H,4-11H2,1-3H3. The van der Waals surface area contributed by atoms with E-state index in [0.717, 1.165) is 17.9 Å². The zero-order valence-electron chi connectivity index (χ0n) is 11.6. The van der Waals surface area contributed by atoms with Crippen molar-refractivity contribution in [1.29, 1.82) is 0 Å². The molecule has 17 heavy (non-hydrogen) atoms. The van der Waals surface area contributed by atoms with Crippen LogP contribution in [0.25, 0.3) is 0 Å². The van der Waals surface area contributed by atoms with Crippen LogP contribution in [-0.2, 0) is 4.74 Å². The lowest BCUT2D eigenvalue weighted by Gasteiger charge is -2.39. The maximum atomic E-state index is 6.21. The molecule has 0 heterocycles. The van der Waals surface area contributed by atoms with Crippen molar-refractivity contribution < 1.29 is 4.74 Å². The molecule has 0 aromatic rings. The van der Waals surface area contributed by atoms with Gasteiger partial charge in [0.25, 0.3) is 0 Å². The Morgan fingerprint density at radius 2 is 1.94 bits per heavy atom. The molecular weight excluding hydrogens is 276 g/mol. The van der Waals surface area contributed by atoms with Gasteiger partial charge >= 0.3 is 0 Å². The highest BCUT2D eigenvalue weighted by Gasteiger charge is 2.61. The average Bonchev–Trinajstić information content (AvgIpc) is 2.61. The van der Waals surface area contributed by atoms with Crippen molar-refractivity contribution in [3.8, 4) is 0 Å². The summed E-state index contributed by atoms with van der Waals surface area (Å²) in [5.41, 5.74) is 0.931. The van der Waals surface area contributed by atoms with Crippen LogP contribution in [-0.4, -0.2) is 18.0 Å². The van der Waals surface area contributed by atoms with E-state index in [1.165, 1.54) is 38.5 Å². The Balaban J connectivity index is 1.80. The first-order valence-corrected chi connectivity index (χ1v) is 8.32. The van der Waals surface area contributed by atoms with E-state index in [0.29, 0.717) is 16.9 Å². The zero-order valence-corrected chi connectivity index (χ0v) is 13.2. The van der Waals surface area contributed by atoms with Crippen molar-refractivity contribution in [2.45, 2.75) is 65.4 Å². The summed E-state index contributed by atoms with van der Waals surface area (Å²) in [4.78, 5) is 0. The number of alkyl halides is 1. The topological polar surface area (TPSA) is 9.23 Å². The Morgan fingerprint density at radius 1 is 1.18 bits per heavy atom.